The third kappa shape index (κ3) is 6.87. The number of unbranched alkanes of at least 4 members (excludes halogenated alkanes) is 2. The molecule has 0 heterocycles. The minimum Gasteiger partial charge on any atom is -0.491 e. The van der Waals surface area contributed by atoms with Crippen LogP contribution < -0.4 is 9.47 Å². The summed E-state index contributed by atoms with van der Waals surface area (Å²) in [5.41, 5.74) is 5.49. The molecule has 0 N–H and O–H groups in total. The predicted molar refractivity (Wildman–Crippen MR) is 159 cm³/mol. The second-order valence-corrected chi connectivity index (χ2v) is 11.9. The normalized spacial score (nSPS) is 22.5. The van der Waals surface area contributed by atoms with Crippen LogP contribution in [0.4, 0.5) is 8.78 Å². The van der Waals surface area contributed by atoms with E-state index in [-0.39, 0.29) is 11.5 Å². The van der Waals surface area contributed by atoms with Crippen molar-refractivity contribution in [2.24, 2.45) is 17.8 Å². The van der Waals surface area contributed by atoms with E-state index in [1.165, 1.54) is 85.8 Å². The largest absolute Gasteiger partial charge is 0.491 e. The fraction of sp³-hybridized carbons (Fsp3) is 0.500. The number of benzene rings is 3. The highest BCUT2D eigenvalue weighted by Gasteiger charge is 2.36. The van der Waals surface area contributed by atoms with E-state index >= 15 is 0 Å². The molecule has 0 amide bonds. The van der Waals surface area contributed by atoms with Gasteiger partial charge in [0.2, 0.25) is 11.6 Å². The summed E-state index contributed by atoms with van der Waals surface area (Å²) < 4.78 is 39.5. The Kier molecular flexibility index (Phi) is 9.78. The molecule has 0 saturated heterocycles. The van der Waals surface area contributed by atoms with Crippen LogP contribution in [0.1, 0.15) is 88.7 Å². The number of hydrogen-bond donors (Lipinski definition) is 0. The van der Waals surface area contributed by atoms with Crippen molar-refractivity contribution in [2.45, 2.75) is 84.0 Å². The van der Waals surface area contributed by atoms with Gasteiger partial charge < -0.3 is 9.47 Å². The highest BCUT2D eigenvalue weighted by molar-refractivity contribution is 5.64. The van der Waals surface area contributed by atoms with Gasteiger partial charge >= 0.3 is 0 Å². The van der Waals surface area contributed by atoms with Crippen molar-refractivity contribution in [2.75, 3.05) is 13.2 Å². The average molecular weight is 547 g/mol. The molecule has 0 aliphatic heterocycles. The SMILES string of the molecule is CCCCCc1ccc(-c2ccc(C3CCC4CC(COc5ccc(OCC)c(F)c5F)CCC4C3)cc2)cc1. The first-order valence-electron chi connectivity index (χ1n) is 15.5. The van der Waals surface area contributed by atoms with Gasteiger partial charge in [-0.05, 0) is 116 Å². The Balaban J connectivity index is 1.11. The van der Waals surface area contributed by atoms with Gasteiger partial charge in [-0.25, -0.2) is 0 Å². The monoisotopic (exact) mass is 546 g/mol. The minimum absolute atomic E-state index is 0.0156. The number of aryl methyl sites for hydroxylation is 1. The lowest BCUT2D eigenvalue weighted by molar-refractivity contribution is 0.0901. The average Bonchev–Trinajstić information content (AvgIpc) is 2.99. The summed E-state index contributed by atoms with van der Waals surface area (Å²) in [5, 5.41) is 0. The zero-order valence-electron chi connectivity index (χ0n) is 24.1. The van der Waals surface area contributed by atoms with Gasteiger partial charge in [-0.2, -0.15) is 8.78 Å². The lowest BCUT2D eigenvalue weighted by atomic mass is 9.64. The molecule has 3 aromatic carbocycles. The van der Waals surface area contributed by atoms with Crippen LogP contribution in [0.15, 0.2) is 60.7 Å². The second kappa shape index (κ2) is 13.7. The maximum atomic E-state index is 14.4. The van der Waals surface area contributed by atoms with Gasteiger partial charge in [-0.3, -0.25) is 0 Å². The van der Waals surface area contributed by atoms with E-state index in [9.17, 15) is 8.78 Å². The molecule has 2 saturated carbocycles. The van der Waals surface area contributed by atoms with Crippen LogP contribution in [0.5, 0.6) is 11.5 Å². The summed E-state index contributed by atoms with van der Waals surface area (Å²) >= 11 is 0. The Labute approximate surface area is 239 Å². The lowest BCUT2D eigenvalue weighted by Gasteiger charge is -2.42. The zero-order chi connectivity index (χ0) is 27.9. The Morgan fingerprint density at radius 3 is 1.98 bits per heavy atom. The third-order valence-corrected chi connectivity index (χ3v) is 9.25. The number of halogens is 2. The molecule has 4 unspecified atom stereocenters. The number of ether oxygens (including phenoxy) is 2. The standard InChI is InChI=1S/C36H44F2O2/c1-3-5-6-7-25-8-11-27(12-9-25)28-14-16-29(17-15-28)31-19-18-30-22-26(10-13-32(30)23-31)24-40-34-21-20-33(39-4-2)35(37)36(34)38/h8-9,11-12,14-17,20-21,26,30-32H,3-7,10,13,18-19,22-24H2,1-2H3. The lowest BCUT2D eigenvalue weighted by Crippen LogP contribution is -2.32. The molecule has 0 spiro atoms. The number of hydrogen-bond acceptors (Lipinski definition) is 2. The van der Waals surface area contributed by atoms with Crippen molar-refractivity contribution in [1.82, 2.24) is 0 Å². The molecule has 3 aromatic rings. The molecule has 40 heavy (non-hydrogen) atoms. The van der Waals surface area contributed by atoms with E-state index in [0.717, 1.165) is 18.8 Å². The Hall–Kier alpha value is -2.88. The molecule has 2 fully saturated rings. The minimum atomic E-state index is -0.967. The van der Waals surface area contributed by atoms with Crippen molar-refractivity contribution in [1.29, 1.82) is 0 Å². The molecular weight excluding hydrogens is 502 g/mol. The van der Waals surface area contributed by atoms with Crippen LogP contribution in [-0.4, -0.2) is 13.2 Å². The molecular formula is C36H44F2O2. The first kappa shape index (κ1) is 28.6. The van der Waals surface area contributed by atoms with E-state index < -0.39 is 11.6 Å². The van der Waals surface area contributed by atoms with Crippen molar-refractivity contribution < 1.29 is 18.3 Å². The Morgan fingerprint density at radius 2 is 1.30 bits per heavy atom. The maximum Gasteiger partial charge on any atom is 0.204 e. The van der Waals surface area contributed by atoms with Crippen LogP contribution in [0.2, 0.25) is 0 Å². The van der Waals surface area contributed by atoms with Crippen LogP contribution in [-0.2, 0) is 6.42 Å². The summed E-state index contributed by atoms with van der Waals surface area (Å²) in [5.74, 6) is 0.472. The highest BCUT2D eigenvalue weighted by Crippen LogP contribution is 2.48. The molecule has 0 radical (unpaired) electrons. The second-order valence-electron chi connectivity index (χ2n) is 11.9. The van der Waals surface area contributed by atoms with Gasteiger partial charge in [0.15, 0.2) is 11.5 Å². The fourth-order valence-corrected chi connectivity index (χ4v) is 6.93. The summed E-state index contributed by atoms with van der Waals surface area (Å²) in [6.45, 7) is 4.73. The van der Waals surface area contributed by atoms with Crippen LogP contribution in [0.25, 0.3) is 11.1 Å². The van der Waals surface area contributed by atoms with Crippen molar-refractivity contribution >= 4 is 0 Å². The zero-order valence-corrected chi connectivity index (χ0v) is 24.1. The van der Waals surface area contributed by atoms with Crippen LogP contribution in [0, 0.1) is 29.4 Å². The molecule has 4 heteroatoms. The van der Waals surface area contributed by atoms with Crippen molar-refractivity contribution in [3.05, 3.63) is 83.4 Å². The quantitative estimate of drug-likeness (QED) is 0.223. The van der Waals surface area contributed by atoms with E-state index in [4.69, 9.17) is 9.47 Å². The highest BCUT2D eigenvalue weighted by atomic mass is 19.2. The summed E-state index contributed by atoms with van der Waals surface area (Å²) in [7, 11) is 0. The van der Waals surface area contributed by atoms with Gasteiger partial charge in [0.25, 0.3) is 0 Å². The smallest absolute Gasteiger partial charge is 0.204 e. The summed E-state index contributed by atoms with van der Waals surface area (Å²) in [4.78, 5) is 0. The fourth-order valence-electron chi connectivity index (χ4n) is 6.93. The summed E-state index contributed by atoms with van der Waals surface area (Å²) in [6, 6.07) is 21.3. The van der Waals surface area contributed by atoms with Gasteiger partial charge in [-0.15, -0.1) is 0 Å². The van der Waals surface area contributed by atoms with Gasteiger partial charge in [0.05, 0.1) is 13.2 Å². The first-order chi connectivity index (χ1) is 19.6. The van der Waals surface area contributed by atoms with Gasteiger partial charge in [0.1, 0.15) is 0 Å². The topological polar surface area (TPSA) is 18.5 Å². The molecule has 4 atom stereocenters. The van der Waals surface area contributed by atoms with E-state index in [1.54, 1.807) is 6.92 Å². The van der Waals surface area contributed by atoms with Gasteiger partial charge in [0, 0.05) is 0 Å². The van der Waals surface area contributed by atoms with Crippen molar-refractivity contribution in [3.63, 3.8) is 0 Å². The molecule has 5 rings (SSSR count). The van der Waals surface area contributed by atoms with E-state index in [1.807, 2.05) is 0 Å². The Bertz CT molecular complexity index is 1220. The third-order valence-electron chi connectivity index (χ3n) is 9.25. The molecule has 0 aromatic heterocycles. The molecule has 2 aliphatic rings. The van der Waals surface area contributed by atoms with E-state index in [0.29, 0.717) is 31.0 Å². The molecule has 0 bridgehead atoms. The molecule has 2 aliphatic carbocycles. The van der Waals surface area contributed by atoms with Crippen LogP contribution in [0.3, 0.4) is 0 Å². The van der Waals surface area contributed by atoms with E-state index in [2.05, 4.69) is 55.5 Å². The predicted octanol–water partition coefficient (Wildman–Crippen LogP) is 10.1. The van der Waals surface area contributed by atoms with Crippen LogP contribution >= 0.6 is 0 Å². The van der Waals surface area contributed by atoms with Crippen molar-refractivity contribution in [3.8, 4) is 22.6 Å². The maximum absolute atomic E-state index is 14.4. The summed E-state index contributed by atoms with van der Waals surface area (Å²) in [6.07, 6.45) is 12.1. The number of fused-ring (bicyclic) bond motifs is 1. The number of rotatable bonds is 11. The Morgan fingerprint density at radius 1 is 0.675 bits per heavy atom. The molecule has 214 valence electrons. The molecule has 2 nitrogen and oxygen atoms in total. The first-order valence-corrected chi connectivity index (χ1v) is 15.5. The van der Waals surface area contributed by atoms with Gasteiger partial charge in [-0.1, -0.05) is 68.3 Å².